The number of anilines is 1. The number of carboxylic acid groups (broad SMARTS) is 1. The Morgan fingerprint density at radius 1 is 1.56 bits per heavy atom. The first-order valence-corrected chi connectivity index (χ1v) is 5.28. The maximum Gasteiger partial charge on any atom is 0.337 e. The van der Waals surface area contributed by atoms with Crippen molar-refractivity contribution in [1.82, 2.24) is 4.98 Å². The number of aliphatic hydroxyl groups is 1. The molecule has 0 amide bonds. The zero-order valence-electron chi connectivity index (χ0n) is 8.76. The van der Waals surface area contributed by atoms with Crippen LogP contribution in [0.4, 0.5) is 5.82 Å². The minimum Gasteiger partial charge on any atom is -0.478 e. The smallest absolute Gasteiger partial charge is 0.337 e. The Balaban J connectivity index is 1.86. The average Bonchev–Trinajstić information content (AvgIpc) is 3.10. The number of carboxylic acids is 1. The van der Waals surface area contributed by atoms with Crippen LogP contribution in [0.3, 0.4) is 0 Å². The van der Waals surface area contributed by atoms with E-state index in [9.17, 15) is 9.90 Å². The van der Waals surface area contributed by atoms with E-state index < -0.39 is 5.97 Å². The molecule has 16 heavy (non-hydrogen) atoms. The summed E-state index contributed by atoms with van der Waals surface area (Å²) in [6.07, 6.45) is 3.15. The summed E-state index contributed by atoms with van der Waals surface area (Å²) in [7, 11) is 0. The molecule has 1 heterocycles. The minimum absolute atomic E-state index is 0.160. The number of nitrogens with zero attached hydrogens (tertiary/aromatic N) is 1. The van der Waals surface area contributed by atoms with Gasteiger partial charge in [-0.05, 0) is 30.9 Å². The Bertz CT molecular complexity index is 373. The van der Waals surface area contributed by atoms with E-state index in [4.69, 9.17) is 5.11 Å². The van der Waals surface area contributed by atoms with Gasteiger partial charge in [0.1, 0.15) is 5.82 Å². The topological polar surface area (TPSA) is 82.5 Å². The zero-order valence-corrected chi connectivity index (χ0v) is 8.76. The lowest BCUT2D eigenvalue weighted by Crippen LogP contribution is -2.21. The summed E-state index contributed by atoms with van der Waals surface area (Å²) in [5, 5.41) is 21.3. The molecule has 1 aromatic rings. The van der Waals surface area contributed by atoms with E-state index in [1.807, 2.05) is 0 Å². The molecule has 1 atom stereocenters. The molecule has 1 saturated carbocycles. The molecule has 0 bridgehead atoms. The lowest BCUT2D eigenvalue weighted by atomic mass is 10.2. The van der Waals surface area contributed by atoms with Gasteiger partial charge >= 0.3 is 5.97 Å². The van der Waals surface area contributed by atoms with Crippen LogP contribution in [0, 0.1) is 5.92 Å². The van der Waals surface area contributed by atoms with Gasteiger partial charge in [-0.1, -0.05) is 0 Å². The van der Waals surface area contributed by atoms with E-state index in [1.54, 1.807) is 6.07 Å². The monoisotopic (exact) mass is 222 g/mol. The second kappa shape index (κ2) is 4.49. The Labute approximate surface area is 93.1 Å². The molecular weight excluding hydrogens is 208 g/mol. The standard InChI is InChI=1S/C11H14N2O3/c14-9(7-1-2-7)6-13-10-4-3-8(5-12-10)11(15)16/h3-5,7,9,14H,1-2,6H2,(H,12,13)(H,15,16). The molecule has 0 aromatic carbocycles. The molecule has 2 rings (SSSR count). The maximum absolute atomic E-state index is 10.6. The van der Waals surface area contributed by atoms with Crippen LogP contribution in [0.25, 0.3) is 0 Å². The summed E-state index contributed by atoms with van der Waals surface area (Å²) in [6, 6.07) is 3.09. The van der Waals surface area contributed by atoms with Crippen molar-refractivity contribution in [3.05, 3.63) is 23.9 Å². The predicted molar refractivity (Wildman–Crippen MR) is 58.4 cm³/mol. The molecule has 3 N–H and O–H groups in total. The molecule has 1 unspecified atom stereocenters. The van der Waals surface area contributed by atoms with E-state index in [0.29, 0.717) is 18.3 Å². The zero-order chi connectivity index (χ0) is 11.5. The van der Waals surface area contributed by atoms with Gasteiger partial charge < -0.3 is 15.5 Å². The van der Waals surface area contributed by atoms with Gasteiger partial charge in [0.2, 0.25) is 0 Å². The highest BCUT2D eigenvalue weighted by atomic mass is 16.4. The van der Waals surface area contributed by atoms with Gasteiger partial charge in [-0.2, -0.15) is 0 Å². The largest absolute Gasteiger partial charge is 0.478 e. The summed E-state index contributed by atoms with van der Waals surface area (Å²) < 4.78 is 0. The average molecular weight is 222 g/mol. The van der Waals surface area contributed by atoms with Crippen LogP contribution in [0.1, 0.15) is 23.2 Å². The molecule has 86 valence electrons. The molecule has 1 fully saturated rings. The van der Waals surface area contributed by atoms with Crippen LogP contribution >= 0.6 is 0 Å². The van der Waals surface area contributed by atoms with E-state index >= 15 is 0 Å². The van der Waals surface area contributed by atoms with Gasteiger partial charge in [-0.25, -0.2) is 9.78 Å². The van der Waals surface area contributed by atoms with Crippen molar-refractivity contribution in [1.29, 1.82) is 0 Å². The SMILES string of the molecule is O=C(O)c1ccc(NCC(O)C2CC2)nc1. The molecular formula is C11H14N2O3. The van der Waals surface area contributed by atoms with E-state index in [1.165, 1.54) is 12.3 Å². The third-order valence-corrected chi connectivity index (χ3v) is 2.67. The maximum atomic E-state index is 10.6. The number of nitrogens with one attached hydrogen (secondary N) is 1. The fourth-order valence-corrected chi connectivity index (χ4v) is 1.48. The van der Waals surface area contributed by atoms with Crippen LogP contribution < -0.4 is 5.32 Å². The Kier molecular flexibility index (Phi) is 3.05. The number of hydrogen-bond donors (Lipinski definition) is 3. The van der Waals surface area contributed by atoms with E-state index in [-0.39, 0.29) is 11.7 Å². The van der Waals surface area contributed by atoms with Crippen molar-refractivity contribution in [3.63, 3.8) is 0 Å². The van der Waals surface area contributed by atoms with Gasteiger partial charge in [-0.3, -0.25) is 0 Å². The van der Waals surface area contributed by atoms with Crippen molar-refractivity contribution in [2.45, 2.75) is 18.9 Å². The van der Waals surface area contributed by atoms with E-state index in [2.05, 4.69) is 10.3 Å². The first-order chi connectivity index (χ1) is 7.66. The van der Waals surface area contributed by atoms with Gasteiger partial charge in [0.25, 0.3) is 0 Å². The van der Waals surface area contributed by atoms with Gasteiger partial charge in [0.05, 0.1) is 11.7 Å². The van der Waals surface area contributed by atoms with Crippen molar-refractivity contribution in [3.8, 4) is 0 Å². The van der Waals surface area contributed by atoms with Gasteiger partial charge in [0, 0.05) is 12.7 Å². The number of pyridine rings is 1. The first kappa shape index (κ1) is 10.9. The molecule has 5 heteroatoms. The molecule has 1 aliphatic rings. The minimum atomic E-state index is -0.989. The fourth-order valence-electron chi connectivity index (χ4n) is 1.48. The third-order valence-electron chi connectivity index (χ3n) is 2.67. The lowest BCUT2D eigenvalue weighted by molar-refractivity contribution is 0.0696. The molecule has 0 saturated heterocycles. The number of rotatable bonds is 5. The summed E-state index contributed by atoms with van der Waals surface area (Å²) in [4.78, 5) is 14.5. The summed E-state index contributed by atoms with van der Waals surface area (Å²) >= 11 is 0. The lowest BCUT2D eigenvalue weighted by Gasteiger charge is -2.10. The Morgan fingerprint density at radius 3 is 2.81 bits per heavy atom. The molecule has 0 spiro atoms. The number of aliphatic hydroxyl groups excluding tert-OH is 1. The summed E-state index contributed by atoms with van der Waals surface area (Å²) in [5.41, 5.74) is 0.160. The summed E-state index contributed by atoms with van der Waals surface area (Å²) in [5.74, 6) is 0.0209. The van der Waals surface area contributed by atoms with Crippen molar-refractivity contribution in [2.75, 3.05) is 11.9 Å². The van der Waals surface area contributed by atoms with Gasteiger partial charge in [0.15, 0.2) is 0 Å². The normalized spacial score (nSPS) is 16.8. The molecule has 5 nitrogen and oxygen atoms in total. The number of carbonyl (C=O) groups is 1. The van der Waals surface area contributed by atoms with Crippen LogP contribution in [0.15, 0.2) is 18.3 Å². The Morgan fingerprint density at radius 2 is 2.31 bits per heavy atom. The quantitative estimate of drug-likeness (QED) is 0.691. The van der Waals surface area contributed by atoms with Crippen LogP contribution in [0.2, 0.25) is 0 Å². The van der Waals surface area contributed by atoms with Crippen LogP contribution in [-0.4, -0.2) is 33.8 Å². The third kappa shape index (κ3) is 2.70. The number of hydrogen-bond acceptors (Lipinski definition) is 4. The Hall–Kier alpha value is -1.62. The molecule has 0 aliphatic heterocycles. The van der Waals surface area contributed by atoms with Crippen molar-refractivity contribution < 1.29 is 15.0 Å². The second-order valence-corrected chi connectivity index (χ2v) is 4.02. The highest BCUT2D eigenvalue weighted by molar-refractivity contribution is 5.87. The predicted octanol–water partition coefficient (Wildman–Crippen LogP) is 0.963. The van der Waals surface area contributed by atoms with E-state index in [0.717, 1.165) is 12.8 Å². The number of aromatic nitrogens is 1. The van der Waals surface area contributed by atoms with Crippen molar-refractivity contribution in [2.24, 2.45) is 5.92 Å². The molecule has 1 aliphatic carbocycles. The highest BCUT2D eigenvalue weighted by Crippen LogP contribution is 2.32. The fraction of sp³-hybridized carbons (Fsp3) is 0.455. The van der Waals surface area contributed by atoms with Gasteiger partial charge in [-0.15, -0.1) is 0 Å². The second-order valence-electron chi connectivity index (χ2n) is 4.02. The number of aromatic carboxylic acids is 1. The summed E-state index contributed by atoms with van der Waals surface area (Å²) in [6.45, 7) is 0.462. The van der Waals surface area contributed by atoms with Crippen molar-refractivity contribution >= 4 is 11.8 Å². The van der Waals surface area contributed by atoms with Crippen LogP contribution in [0.5, 0.6) is 0 Å². The molecule has 0 radical (unpaired) electrons. The van der Waals surface area contributed by atoms with Crippen LogP contribution in [-0.2, 0) is 0 Å². The highest BCUT2D eigenvalue weighted by Gasteiger charge is 2.29. The molecule has 1 aromatic heterocycles. The first-order valence-electron chi connectivity index (χ1n) is 5.28.